The summed E-state index contributed by atoms with van der Waals surface area (Å²) in [5, 5.41) is 5.14. The molecule has 20 heavy (non-hydrogen) atoms. The second-order valence-corrected chi connectivity index (χ2v) is 7.84. The summed E-state index contributed by atoms with van der Waals surface area (Å²) in [4.78, 5) is 1.40. The summed E-state index contributed by atoms with van der Waals surface area (Å²) >= 11 is 1.52. The summed E-state index contributed by atoms with van der Waals surface area (Å²) in [7, 11) is -1.71. The predicted octanol–water partition coefficient (Wildman–Crippen LogP) is 2.98. The van der Waals surface area contributed by atoms with Crippen LogP contribution < -0.4 is 5.32 Å². The van der Waals surface area contributed by atoms with Crippen molar-refractivity contribution in [1.82, 2.24) is 9.62 Å². The van der Waals surface area contributed by atoms with E-state index in [1.54, 1.807) is 7.05 Å². The summed E-state index contributed by atoms with van der Waals surface area (Å²) in [5.74, 6) is 0. The second-order valence-electron chi connectivity index (χ2n) is 4.94. The molecule has 1 N–H and O–H groups in total. The lowest BCUT2D eigenvalue weighted by Gasteiger charge is -2.26. The van der Waals surface area contributed by atoms with Gasteiger partial charge in [0.15, 0.2) is 0 Å². The van der Waals surface area contributed by atoms with E-state index in [2.05, 4.69) is 5.32 Å². The molecule has 4 nitrogen and oxygen atoms in total. The molecule has 0 aromatic carbocycles. The molecule has 0 fully saturated rings. The van der Waals surface area contributed by atoms with Gasteiger partial charge in [-0.25, -0.2) is 8.42 Å². The number of sulfonamides is 1. The minimum absolute atomic E-state index is 0.0614. The highest BCUT2D eigenvalue weighted by Crippen LogP contribution is 2.30. The van der Waals surface area contributed by atoms with Crippen molar-refractivity contribution in [2.45, 2.75) is 58.0 Å². The number of aryl methyl sites for hydroxylation is 1. The van der Waals surface area contributed by atoms with E-state index in [1.165, 1.54) is 15.6 Å². The van der Waals surface area contributed by atoms with Crippen LogP contribution in [0.4, 0.5) is 0 Å². The Bertz CT molecular complexity index is 519. The average Bonchev–Trinajstić information content (AvgIpc) is 2.79. The van der Waals surface area contributed by atoms with E-state index in [0.29, 0.717) is 11.4 Å². The average molecular weight is 319 g/mol. The van der Waals surface area contributed by atoms with Crippen molar-refractivity contribution < 1.29 is 8.42 Å². The third-order valence-corrected chi connectivity index (χ3v) is 6.99. The van der Waals surface area contributed by atoms with Crippen LogP contribution in [0, 0.1) is 6.92 Å². The summed E-state index contributed by atoms with van der Waals surface area (Å²) in [6, 6.07) is 0.0614. The Balaban J connectivity index is 3.17. The van der Waals surface area contributed by atoms with Crippen LogP contribution in [0.3, 0.4) is 0 Å². The second kappa shape index (κ2) is 7.54. The molecule has 0 aliphatic heterocycles. The van der Waals surface area contributed by atoms with Gasteiger partial charge in [-0.05, 0) is 37.3 Å². The Labute approximate surface area is 127 Å². The maximum Gasteiger partial charge on any atom is 0.244 e. The van der Waals surface area contributed by atoms with Gasteiger partial charge in [-0.1, -0.05) is 20.8 Å². The lowest BCUT2D eigenvalue weighted by molar-refractivity contribution is 0.349. The molecule has 1 rings (SSSR count). The third kappa shape index (κ3) is 3.61. The molecule has 116 valence electrons. The molecule has 1 heterocycles. The van der Waals surface area contributed by atoms with Crippen molar-refractivity contribution in [2.24, 2.45) is 0 Å². The van der Waals surface area contributed by atoms with Gasteiger partial charge < -0.3 is 5.32 Å². The zero-order valence-electron chi connectivity index (χ0n) is 13.1. The fraction of sp³-hybridized carbons (Fsp3) is 0.714. The molecule has 0 saturated carbocycles. The van der Waals surface area contributed by atoms with E-state index < -0.39 is 10.0 Å². The Kier molecular flexibility index (Phi) is 6.64. The van der Waals surface area contributed by atoms with Gasteiger partial charge in [0.05, 0.1) is 0 Å². The third-order valence-electron chi connectivity index (χ3n) is 3.62. The van der Waals surface area contributed by atoms with Crippen LogP contribution in [-0.4, -0.2) is 32.4 Å². The molecular formula is C14H26N2O2S2. The van der Waals surface area contributed by atoms with Crippen molar-refractivity contribution in [3.8, 4) is 0 Å². The molecule has 0 atom stereocenters. The molecule has 0 spiro atoms. The molecule has 0 saturated heterocycles. The van der Waals surface area contributed by atoms with Crippen LogP contribution in [-0.2, 0) is 16.6 Å². The smallest absolute Gasteiger partial charge is 0.244 e. The molecule has 0 amide bonds. The quantitative estimate of drug-likeness (QED) is 0.801. The van der Waals surface area contributed by atoms with Gasteiger partial charge in [0, 0.05) is 24.5 Å². The zero-order valence-corrected chi connectivity index (χ0v) is 14.7. The first-order chi connectivity index (χ1) is 9.39. The molecule has 1 aromatic heterocycles. The summed E-state index contributed by atoms with van der Waals surface area (Å²) in [6.45, 7) is 9.39. The van der Waals surface area contributed by atoms with Crippen LogP contribution in [0.15, 0.2) is 10.3 Å². The monoisotopic (exact) mass is 318 g/mol. The fourth-order valence-corrected chi connectivity index (χ4v) is 5.57. The van der Waals surface area contributed by atoms with E-state index in [-0.39, 0.29) is 6.04 Å². The lowest BCUT2D eigenvalue weighted by Crippen LogP contribution is -2.36. The number of hydrogen-bond acceptors (Lipinski definition) is 4. The largest absolute Gasteiger partial charge is 0.312 e. The van der Waals surface area contributed by atoms with E-state index in [4.69, 9.17) is 0 Å². The first-order valence-corrected chi connectivity index (χ1v) is 9.47. The summed E-state index contributed by atoms with van der Waals surface area (Å²) in [6.07, 6.45) is 1.66. The highest BCUT2D eigenvalue weighted by atomic mass is 32.2. The van der Waals surface area contributed by atoms with Gasteiger partial charge in [0.2, 0.25) is 10.0 Å². The standard InChI is InChI=1S/C14H26N2O2S2/c1-6-12(7-2)16(5)20(17,18)14-11(4)10-19-13(14)9-15-8-3/h10,12,15H,6-9H2,1-5H3. The van der Waals surface area contributed by atoms with Crippen LogP contribution >= 0.6 is 11.3 Å². The SMILES string of the molecule is CCNCc1scc(C)c1S(=O)(=O)N(C)C(CC)CC. The fourth-order valence-electron chi connectivity index (χ4n) is 2.34. The molecule has 0 aliphatic rings. The van der Waals surface area contributed by atoms with Gasteiger partial charge in [-0.2, -0.15) is 4.31 Å². The Morgan fingerprint density at radius 2 is 1.90 bits per heavy atom. The lowest BCUT2D eigenvalue weighted by atomic mass is 10.2. The number of thiophene rings is 1. The van der Waals surface area contributed by atoms with Gasteiger partial charge >= 0.3 is 0 Å². The van der Waals surface area contributed by atoms with Gasteiger partial charge in [-0.3, -0.25) is 0 Å². The van der Waals surface area contributed by atoms with Crippen molar-refractivity contribution in [3.63, 3.8) is 0 Å². The van der Waals surface area contributed by atoms with Crippen LogP contribution in [0.5, 0.6) is 0 Å². The normalized spacial score (nSPS) is 12.6. The van der Waals surface area contributed by atoms with E-state index >= 15 is 0 Å². The van der Waals surface area contributed by atoms with Gasteiger partial charge in [0.25, 0.3) is 0 Å². The van der Waals surface area contributed by atoms with Crippen molar-refractivity contribution >= 4 is 21.4 Å². The molecular weight excluding hydrogens is 292 g/mol. The first-order valence-electron chi connectivity index (χ1n) is 7.15. The Morgan fingerprint density at radius 3 is 2.40 bits per heavy atom. The topological polar surface area (TPSA) is 49.4 Å². The molecule has 0 bridgehead atoms. The van der Waals surface area contributed by atoms with E-state index in [1.807, 2.05) is 33.1 Å². The maximum atomic E-state index is 12.9. The highest BCUT2D eigenvalue weighted by Gasteiger charge is 2.30. The maximum absolute atomic E-state index is 12.9. The molecule has 6 heteroatoms. The van der Waals surface area contributed by atoms with Crippen LogP contribution in [0.2, 0.25) is 0 Å². The number of nitrogens with zero attached hydrogens (tertiary/aromatic N) is 1. The van der Waals surface area contributed by atoms with E-state index in [9.17, 15) is 8.42 Å². The van der Waals surface area contributed by atoms with Crippen molar-refractivity contribution in [2.75, 3.05) is 13.6 Å². The van der Waals surface area contributed by atoms with E-state index in [0.717, 1.165) is 29.8 Å². The minimum atomic E-state index is -3.41. The Hall–Kier alpha value is -0.430. The minimum Gasteiger partial charge on any atom is -0.312 e. The molecule has 0 aliphatic carbocycles. The van der Waals surface area contributed by atoms with Crippen molar-refractivity contribution in [3.05, 3.63) is 15.8 Å². The number of rotatable bonds is 8. The Morgan fingerprint density at radius 1 is 1.30 bits per heavy atom. The van der Waals surface area contributed by atoms with Crippen LogP contribution in [0.25, 0.3) is 0 Å². The summed E-state index contributed by atoms with van der Waals surface area (Å²) in [5.41, 5.74) is 0.848. The predicted molar refractivity (Wildman–Crippen MR) is 85.8 cm³/mol. The highest BCUT2D eigenvalue weighted by molar-refractivity contribution is 7.89. The molecule has 0 unspecified atom stereocenters. The van der Waals surface area contributed by atoms with Crippen molar-refractivity contribution in [1.29, 1.82) is 0 Å². The number of nitrogens with one attached hydrogen (secondary N) is 1. The van der Waals surface area contributed by atoms with Crippen LogP contribution in [0.1, 0.15) is 44.1 Å². The summed E-state index contributed by atoms with van der Waals surface area (Å²) < 4.78 is 27.3. The molecule has 0 radical (unpaired) electrons. The zero-order chi connectivity index (χ0) is 15.3. The van der Waals surface area contributed by atoms with Gasteiger partial charge in [0.1, 0.15) is 4.90 Å². The molecule has 1 aromatic rings. The van der Waals surface area contributed by atoms with Gasteiger partial charge in [-0.15, -0.1) is 11.3 Å². The first kappa shape index (κ1) is 17.6. The number of hydrogen-bond donors (Lipinski definition) is 1.